The Labute approximate surface area is 84.6 Å². The fraction of sp³-hybridized carbons (Fsp3) is 0.545. The van der Waals surface area contributed by atoms with Crippen LogP contribution in [0.1, 0.15) is 27.2 Å². The first-order chi connectivity index (χ1) is 6.63. The van der Waals surface area contributed by atoms with Gasteiger partial charge in [0.05, 0.1) is 6.20 Å². The summed E-state index contributed by atoms with van der Waals surface area (Å²) in [6, 6.07) is 3.44. The molecule has 14 heavy (non-hydrogen) atoms. The highest BCUT2D eigenvalue weighted by Crippen LogP contribution is 2.12. The summed E-state index contributed by atoms with van der Waals surface area (Å²) in [6.07, 6.45) is 2.35. The van der Waals surface area contributed by atoms with Gasteiger partial charge in [-0.15, -0.1) is 0 Å². The van der Waals surface area contributed by atoms with Crippen LogP contribution in [-0.2, 0) is 0 Å². The van der Waals surface area contributed by atoms with E-state index in [1.54, 1.807) is 6.07 Å². The molecule has 1 aromatic heterocycles. The molecule has 0 aliphatic heterocycles. The Kier molecular flexibility index (Phi) is 3.86. The Morgan fingerprint density at radius 3 is 2.64 bits per heavy atom. The molecule has 2 nitrogen and oxygen atoms in total. The van der Waals surface area contributed by atoms with E-state index in [0.29, 0.717) is 12.0 Å². The molecule has 0 fully saturated rings. The van der Waals surface area contributed by atoms with Crippen LogP contribution in [0.2, 0.25) is 0 Å². The molecular formula is C11H17FN2. The molecule has 1 rings (SSSR count). The Hall–Kier alpha value is -1.12. The Morgan fingerprint density at radius 1 is 1.43 bits per heavy atom. The second-order valence-electron chi connectivity index (χ2n) is 3.68. The zero-order chi connectivity index (χ0) is 10.6. The summed E-state index contributed by atoms with van der Waals surface area (Å²) < 4.78 is 12.6. The maximum atomic E-state index is 12.6. The van der Waals surface area contributed by atoms with Crippen molar-refractivity contribution in [3.63, 3.8) is 0 Å². The van der Waals surface area contributed by atoms with E-state index >= 15 is 0 Å². The number of hydrogen-bond acceptors (Lipinski definition) is 2. The predicted octanol–water partition coefficient (Wildman–Crippen LogP) is 3.07. The summed E-state index contributed by atoms with van der Waals surface area (Å²) in [4.78, 5) is 3.95. The Morgan fingerprint density at radius 2 is 2.14 bits per heavy atom. The summed E-state index contributed by atoms with van der Waals surface area (Å²) in [6.45, 7) is 6.45. The van der Waals surface area contributed by atoms with E-state index in [-0.39, 0.29) is 5.82 Å². The van der Waals surface area contributed by atoms with E-state index in [1.807, 2.05) is 0 Å². The van der Waals surface area contributed by atoms with E-state index in [4.69, 9.17) is 0 Å². The van der Waals surface area contributed by atoms with Gasteiger partial charge in [-0.1, -0.05) is 20.3 Å². The van der Waals surface area contributed by atoms with Gasteiger partial charge >= 0.3 is 0 Å². The molecule has 0 radical (unpaired) electrons. The second kappa shape index (κ2) is 4.94. The number of hydrogen-bond donors (Lipinski definition) is 1. The highest BCUT2D eigenvalue weighted by atomic mass is 19.1. The topological polar surface area (TPSA) is 24.9 Å². The number of nitrogens with one attached hydrogen (secondary N) is 1. The van der Waals surface area contributed by atoms with Crippen molar-refractivity contribution in [1.29, 1.82) is 0 Å². The lowest BCUT2D eigenvalue weighted by Crippen LogP contribution is -2.23. The van der Waals surface area contributed by atoms with Crippen LogP contribution < -0.4 is 5.32 Å². The van der Waals surface area contributed by atoms with Crippen LogP contribution in [0.15, 0.2) is 18.3 Å². The maximum absolute atomic E-state index is 12.6. The van der Waals surface area contributed by atoms with E-state index in [2.05, 4.69) is 31.1 Å². The summed E-state index contributed by atoms with van der Waals surface area (Å²) in [5.74, 6) is 1.02. The average molecular weight is 196 g/mol. The second-order valence-corrected chi connectivity index (χ2v) is 3.68. The third-order valence-corrected chi connectivity index (χ3v) is 2.60. The minimum absolute atomic E-state index is 0.299. The van der Waals surface area contributed by atoms with Crippen molar-refractivity contribution >= 4 is 5.82 Å². The first-order valence-electron chi connectivity index (χ1n) is 5.01. The maximum Gasteiger partial charge on any atom is 0.141 e. The normalized spacial score (nSPS) is 14.9. The van der Waals surface area contributed by atoms with Crippen molar-refractivity contribution in [2.24, 2.45) is 5.92 Å². The Bertz CT molecular complexity index is 271. The number of pyridine rings is 1. The predicted molar refractivity (Wildman–Crippen MR) is 56.7 cm³/mol. The van der Waals surface area contributed by atoms with Crippen molar-refractivity contribution in [2.45, 2.75) is 33.2 Å². The highest BCUT2D eigenvalue weighted by Gasteiger charge is 2.09. The quantitative estimate of drug-likeness (QED) is 0.800. The molecule has 0 saturated carbocycles. The lowest BCUT2D eigenvalue weighted by atomic mass is 10.0. The standard InChI is InChI=1S/C11H17FN2/c1-4-8(2)9(3)14-11-6-5-10(12)7-13-11/h5-9H,4H2,1-3H3,(H,13,14). The van der Waals surface area contributed by atoms with E-state index in [1.165, 1.54) is 12.3 Å². The van der Waals surface area contributed by atoms with E-state index < -0.39 is 0 Å². The van der Waals surface area contributed by atoms with Crippen LogP contribution in [0, 0.1) is 11.7 Å². The third kappa shape index (κ3) is 2.98. The van der Waals surface area contributed by atoms with Crippen molar-refractivity contribution in [3.8, 4) is 0 Å². The number of rotatable bonds is 4. The van der Waals surface area contributed by atoms with Gasteiger partial charge in [0.2, 0.25) is 0 Å². The lowest BCUT2D eigenvalue weighted by Gasteiger charge is -2.20. The number of halogens is 1. The molecule has 0 aliphatic rings. The Balaban J connectivity index is 2.56. The zero-order valence-corrected chi connectivity index (χ0v) is 8.92. The largest absolute Gasteiger partial charge is 0.367 e. The van der Waals surface area contributed by atoms with E-state index in [0.717, 1.165) is 12.2 Å². The van der Waals surface area contributed by atoms with Crippen LogP contribution in [0.25, 0.3) is 0 Å². The molecule has 0 spiro atoms. The molecule has 1 aromatic rings. The molecule has 0 bridgehead atoms. The molecule has 1 N–H and O–H groups in total. The fourth-order valence-corrected chi connectivity index (χ4v) is 1.19. The average Bonchev–Trinajstić information content (AvgIpc) is 2.20. The first-order valence-corrected chi connectivity index (χ1v) is 5.01. The molecule has 0 amide bonds. The lowest BCUT2D eigenvalue weighted by molar-refractivity contribution is 0.493. The van der Waals surface area contributed by atoms with Gasteiger partial charge in [0, 0.05) is 6.04 Å². The SMILES string of the molecule is CCC(C)C(C)Nc1ccc(F)cn1. The number of anilines is 1. The molecule has 3 heteroatoms. The van der Waals surface area contributed by atoms with Gasteiger partial charge < -0.3 is 5.32 Å². The highest BCUT2D eigenvalue weighted by molar-refractivity contribution is 5.34. The van der Waals surface area contributed by atoms with Gasteiger partial charge in [-0.2, -0.15) is 0 Å². The number of nitrogens with zero attached hydrogens (tertiary/aromatic N) is 1. The van der Waals surface area contributed by atoms with Gasteiger partial charge in [-0.05, 0) is 25.0 Å². The van der Waals surface area contributed by atoms with Crippen LogP contribution in [-0.4, -0.2) is 11.0 Å². The molecular weight excluding hydrogens is 179 g/mol. The van der Waals surface area contributed by atoms with Crippen molar-refractivity contribution < 1.29 is 4.39 Å². The summed E-state index contributed by atoms with van der Waals surface area (Å²) in [5, 5.41) is 3.24. The smallest absolute Gasteiger partial charge is 0.141 e. The van der Waals surface area contributed by atoms with Crippen molar-refractivity contribution in [1.82, 2.24) is 4.98 Å². The van der Waals surface area contributed by atoms with Crippen molar-refractivity contribution in [2.75, 3.05) is 5.32 Å². The first kappa shape index (κ1) is 11.0. The minimum atomic E-state index is -0.299. The monoisotopic (exact) mass is 196 g/mol. The van der Waals surface area contributed by atoms with Crippen LogP contribution in [0.4, 0.5) is 10.2 Å². The molecule has 2 unspecified atom stereocenters. The summed E-state index contributed by atoms with van der Waals surface area (Å²) in [5.41, 5.74) is 0. The van der Waals surface area contributed by atoms with Crippen LogP contribution in [0.5, 0.6) is 0 Å². The molecule has 78 valence electrons. The summed E-state index contributed by atoms with van der Waals surface area (Å²) in [7, 11) is 0. The van der Waals surface area contributed by atoms with Gasteiger partial charge in [0.15, 0.2) is 0 Å². The van der Waals surface area contributed by atoms with Crippen LogP contribution >= 0.6 is 0 Å². The zero-order valence-electron chi connectivity index (χ0n) is 8.92. The molecule has 1 heterocycles. The van der Waals surface area contributed by atoms with Crippen molar-refractivity contribution in [3.05, 3.63) is 24.1 Å². The van der Waals surface area contributed by atoms with Gasteiger partial charge in [-0.3, -0.25) is 0 Å². The molecule has 2 atom stereocenters. The molecule has 0 aromatic carbocycles. The molecule has 0 saturated heterocycles. The van der Waals surface area contributed by atoms with Crippen LogP contribution in [0.3, 0.4) is 0 Å². The molecule has 0 aliphatic carbocycles. The van der Waals surface area contributed by atoms with Gasteiger partial charge in [0.1, 0.15) is 11.6 Å². The van der Waals surface area contributed by atoms with E-state index in [9.17, 15) is 4.39 Å². The minimum Gasteiger partial charge on any atom is -0.367 e. The summed E-state index contributed by atoms with van der Waals surface area (Å²) >= 11 is 0. The number of aromatic nitrogens is 1. The van der Waals surface area contributed by atoms with Gasteiger partial charge in [-0.25, -0.2) is 9.37 Å². The fourth-order valence-electron chi connectivity index (χ4n) is 1.19. The van der Waals surface area contributed by atoms with Gasteiger partial charge in [0.25, 0.3) is 0 Å². The third-order valence-electron chi connectivity index (χ3n) is 2.60.